The van der Waals surface area contributed by atoms with E-state index in [-0.39, 0.29) is 10.9 Å². The highest BCUT2D eigenvalue weighted by molar-refractivity contribution is 9.10. The Kier molecular flexibility index (Phi) is 4.85. The molecule has 1 atom stereocenters. The average Bonchev–Trinajstić information content (AvgIpc) is 2.92. The van der Waals surface area contributed by atoms with Gasteiger partial charge in [-0.15, -0.1) is 11.3 Å². The minimum absolute atomic E-state index is 0.123. The molecule has 0 fully saturated rings. The zero-order valence-corrected chi connectivity index (χ0v) is 14.2. The van der Waals surface area contributed by atoms with E-state index in [0.717, 1.165) is 4.88 Å². The molecule has 108 valence electrons. The highest BCUT2D eigenvalue weighted by Gasteiger charge is 2.23. The number of sulfonamides is 1. The van der Waals surface area contributed by atoms with Crippen LogP contribution in [0.4, 0.5) is 0 Å². The maximum Gasteiger partial charge on any atom is 0.244 e. The number of nitrogens with one attached hydrogen (secondary N) is 1. The minimum atomic E-state index is -3.65. The fourth-order valence-electron chi connectivity index (χ4n) is 1.75. The molecule has 0 radical (unpaired) electrons. The number of methoxy groups -OCH3 is 1. The smallest absolute Gasteiger partial charge is 0.244 e. The van der Waals surface area contributed by atoms with Crippen LogP contribution in [0.15, 0.2) is 45.1 Å². The minimum Gasteiger partial charge on any atom is -0.495 e. The second-order valence-corrected chi connectivity index (χ2v) is 7.73. The van der Waals surface area contributed by atoms with Gasteiger partial charge in [-0.05, 0) is 36.6 Å². The van der Waals surface area contributed by atoms with Crippen LogP contribution in [0.1, 0.15) is 17.8 Å². The Morgan fingerprint density at radius 1 is 1.35 bits per heavy atom. The Bertz CT molecular complexity index is 684. The summed E-state index contributed by atoms with van der Waals surface area (Å²) in [6.07, 6.45) is 0. The van der Waals surface area contributed by atoms with Crippen molar-refractivity contribution in [3.63, 3.8) is 0 Å². The molecule has 20 heavy (non-hydrogen) atoms. The zero-order chi connectivity index (χ0) is 14.8. The third kappa shape index (κ3) is 3.41. The van der Waals surface area contributed by atoms with Crippen molar-refractivity contribution in [2.75, 3.05) is 7.11 Å². The lowest BCUT2D eigenvalue weighted by Crippen LogP contribution is -2.26. The van der Waals surface area contributed by atoms with Gasteiger partial charge in [0.25, 0.3) is 0 Å². The highest BCUT2D eigenvalue weighted by atomic mass is 79.9. The van der Waals surface area contributed by atoms with Crippen molar-refractivity contribution in [2.45, 2.75) is 17.9 Å². The molecule has 7 heteroatoms. The first-order valence-electron chi connectivity index (χ1n) is 5.83. The van der Waals surface area contributed by atoms with Crippen molar-refractivity contribution < 1.29 is 13.2 Å². The van der Waals surface area contributed by atoms with E-state index in [2.05, 4.69) is 20.7 Å². The number of hydrogen-bond acceptors (Lipinski definition) is 4. The predicted molar refractivity (Wildman–Crippen MR) is 83.7 cm³/mol. The number of halogens is 1. The van der Waals surface area contributed by atoms with Gasteiger partial charge in [-0.3, -0.25) is 0 Å². The van der Waals surface area contributed by atoms with Gasteiger partial charge in [0.15, 0.2) is 0 Å². The molecule has 0 aliphatic rings. The molecule has 1 aromatic heterocycles. The van der Waals surface area contributed by atoms with Gasteiger partial charge < -0.3 is 4.74 Å². The van der Waals surface area contributed by atoms with Gasteiger partial charge in [0.1, 0.15) is 10.6 Å². The molecule has 1 heterocycles. The van der Waals surface area contributed by atoms with Crippen molar-refractivity contribution in [3.05, 3.63) is 45.1 Å². The van der Waals surface area contributed by atoms with E-state index in [9.17, 15) is 8.42 Å². The largest absolute Gasteiger partial charge is 0.495 e. The molecule has 1 unspecified atom stereocenters. The molecule has 0 amide bonds. The van der Waals surface area contributed by atoms with Gasteiger partial charge in [-0.1, -0.05) is 22.0 Å². The highest BCUT2D eigenvalue weighted by Crippen LogP contribution is 2.29. The SMILES string of the molecule is COc1ccc(Br)cc1S(=O)(=O)NC(C)c1cccs1. The van der Waals surface area contributed by atoms with Crippen LogP contribution in [-0.4, -0.2) is 15.5 Å². The Labute approximate surface area is 131 Å². The molecular weight excluding hydrogens is 362 g/mol. The van der Waals surface area contributed by atoms with Crippen LogP contribution in [-0.2, 0) is 10.0 Å². The van der Waals surface area contributed by atoms with Crippen molar-refractivity contribution in [1.29, 1.82) is 0 Å². The Morgan fingerprint density at radius 3 is 2.70 bits per heavy atom. The third-order valence-corrected chi connectivity index (χ3v) is 5.83. The van der Waals surface area contributed by atoms with Crippen molar-refractivity contribution in [2.24, 2.45) is 0 Å². The fourth-order valence-corrected chi connectivity index (χ4v) is 4.49. The standard InChI is InChI=1S/C13H14BrNO3S2/c1-9(12-4-3-7-19-12)15-20(16,17)13-8-10(14)5-6-11(13)18-2/h3-9,15H,1-2H3. The van der Waals surface area contributed by atoms with Gasteiger partial charge in [-0.2, -0.15) is 0 Å². The molecular formula is C13H14BrNO3S2. The number of thiophene rings is 1. The molecule has 0 spiro atoms. The molecule has 1 N–H and O–H groups in total. The summed E-state index contributed by atoms with van der Waals surface area (Å²) < 4.78 is 33.4. The monoisotopic (exact) mass is 375 g/mol. The van der Waals surface area contributed by atoms with Crippen LogP contribution in [0.2, 0.25) is 0 Å². The first kappa shape index (κ1) is 15.5. The van der Waals surface area contributed by atoms with E-state index in [1.807, 2.05) is 24.4 Å². The van der Waals surface area contributed by atoms with E-state index in [1.165, 1.54) is 24.5 Å². The van der Waals surface area contributed by atoms with Crippen molar-refractivity contribution in [1.82, 2.24) is 4.72 Å². The molecule has 1 aromatic carbocycles. The Morgan fingerprint density at radius 2 is 2.10 bits per heavy atom. The average molecular weight is 376 g/mol. The van der Waals surface area contributed by atoms with E-state index in [1.54, 1.807) is 12.1 Å². The van der Waals surface area contributed by atoms with Gasteiger partial charge in [0.2, 0.25) is 10.0 Å². The number of benzene rings is 1. The summed E-state index contributed by atoms with van der Waals surface area (Å²) in [4.78, 5) is 1.08. The van der Waals surface area contributed by atoms with Crippen molar-refractivity contribution >= 4 is 37.3 Å². The van der Waals surface area contributed by atoms with Crippen LogP contribution >= 0.6 is 27.3 Å². The fraction of sp³-hybridized carbons (Fsp3) is 0.231. The van der Waals surface area contributed by atoms with Crippen LogP contribution in [0.25, 0.3) is 0 Å². The number of ether oxygens (including phenoxy) is 1. The lowest BCUT2D eigenvalue weighted by molar-refractivity contribution is 0.402. The third-order valence-electron chi connectivity index (χ3n) is 2.72. The molecule has 4 nitrogen and oxygen atoms in total. The van der Waals surface area contributed by atoms with E-state index in [4.69, 9.17) is 4.74 Å². The topological polar surface area (TPSA) is 55.4 Å². The zero-order valence-electron chi connectivity index (χ0n) is 11.0. The van der Waals surface area contributed by atoms with Crippen LogP contribution in [0.3, 0.4) is 0 Å². The number of hydrogen-bond donors (Lipinski definition) is 1. The van der Waals surface area contributed by atoms with Crippen LogP contribution in [0.5, 0.6) is 5.75 Å². The lowest BCUT2D eigenvalue weighted by Gasteiger charge is -2.15. The summed E-state index contributed by atoms with van der Waals surface area (Å²) in [5.74, 6) is 0.319. The summed E-state index contributed by atoms with van der Waals surface area (Å²) >= 11 is 4.79. The van der Waals surface area contributed by atoms with Gasteiger partial charge in [-0.25, -0.2) is 13.1 Å². The molecule has 2 rings (SSSR count). The van der Waals surface area contributed by atoms with Crippen LogP contribution < -0.4 is 9.46 Å². The normalized spacial score (nSPS) is 13.2. The van der Waals surface area contributed by atoms with Crippen molar-refractivity contribution in [3.8, 4) is 5.75 Å². The molecule has 0 bridgehead atoms. The summed E-state index contributed by atoms with van der Waals surface area (Å²) in [5, 5.41) is 1.92. The van der Waals surface area contributed by atoms with Crippen LogP contribution in [0, 0.1) is 0 Å². The lowest BCUT2D eigenvalue weighted by atomic mass is 10.3. The van der Waals surface area contributed by atoms with E-state index in [0.29, 0.717) is 10.2 Å². The quantitative estimate of drug-likeness (QED) is 0.868. The maximum atomic E-state index is 12.5. The van der Waals surface area contributed by atoms with Gasteiger partial charge in [0.05, 0.1) is 13.2 Å². The maximum absolute atomic E-state index is 12.5. The second kappa shape index (κ2) is 6.26. The molecule has 2 aromatic rings. The molecule has 0 saturated heterocycles. The van der Waals surface area contributed by atoms with Gasteiger partial charge in [0, 0.05) is 9.35 Å². The van der Waals surface area contributed by atoms with Gasteiger partial charge >= 0.3 is 0 Å². The Hall–Kier alpha value is -0.890. The Balaban J connectivity index is 2.33. The van der Waals surface area contributed by atoms with E-state index >= 15 is 0 Å². The number of rotatable bonds is 5. The first-order chi connectivity index (χ1) is 9.44. The second-order valence-electron chi connectivity index (χ2n) is 4.15. The molecule has 0 aliphatic carbocycles. The summed E-state index contributed by atoms with van der Waals surface area (Å²) in [7, 11) is -2.20. The molecule has 0 saturated carbocycles. The first-order valence-corrected chi connectivity index (χ1v) is 8.99. The predicted octanol–water partition coefficient (Wildman–Crippen LogP) is 3.56. The summed E-state index contributed by atoms with van der Waals surface area (Å²) in [6.45, 7) is 1.81. The summed E-state index contributed by atoms with van der Waals surface area (Å²) in [5.41, 5.74) is 0. The molecule has 0 aliphatic heterocycles. The van der Waals surface area contributed by atoms with E-state index < -0.39 is 10.0 Å². The summed E-state index contributed by atoms with van der Waals surface area (Å²) in [6, 6.07) is 8.39.